The van der Waals surface area contributed by atoms with Crippen molar-refractivity contribution in [3.63, 3.8) is 0 Å². The predicted octanol–water partition coefficient (Wildman–Crippen LogP) is 2.12. The molecule has 0 aromatic carbocycles. The maximum atomic E-state index is 11.7. The van der Waals surface area contributed by atoms with Crippen molar-refractivity contribution < 1.29 is 14.7 Å². The molecule has 2 amide bonds. The molecule has 0 heterocycles. The second-order valence-corrected chi connectivity index (χ2v) is 5.51. The molecule has 0 aliphatic heterocycles. The van der Waals surface area contributed by atoms with Gasteiger partial charge in [0.25, 0.3) is 0 Å². The van der Waals surface area contributed by atoms with Gasteiger partial charge in [-0.1, -0.05) is 33.1 Å². The van der Waals surface area contributed by atoms with Gasteiger partial charge < -0.3 is 15.7 Å². The van der Waals surface area contributed by atoms with E-state index in [0.717, 1.165) is 25.7 Å². The minimum Gasteiger partial charge on any atom is -0.480 e. The number of urea groups is 1. The summed E-state index contributed by atoms with van der Waals surface area (Å²) in [7, 11) is 0. The zero-order valence-corrected chi connectivity index (χ0v) is 11.3. The third-order valence-electron chi connectivity index (χ3n) is 3.48. The van der Waals surface area contributed by atoms with E-state index in [-0.39, 0.29) is 6.03 Å². The van der Waals surface area contributed by atoms with E-state index in [2.05, 4.69) is 24.5 Å². The van der Waals surface area contributed by atoms with Gasteiger partial charge in [-0.15, -0.1) is 0 Å². The SMILES string of the molecule is CC(C)CCNC(=O)NC1(C(=O)O)CCCCC1. The Hall–Kier alpha value is -1.26. The van der Waals surface area contributed by atoms with E-state index >= 15 is 0 Å². The van der Waals surface area contributed by atoms with Gasteiger partial charge in [0.1, 0.15) is 5.54 Å². The van der Waals surface area contributed by atoms with Gasteiger partial charge in [-0.2, -0.15) is 0 Å². The van der Waals surface area contributed by atoms with E-state index in [1.54, 1.807) is 0 Å². The van der Waals surface area contributed by atoms with Crippen molar-refractivity contribution in [2.75, 3.05) is 6.54 Å². The summed E-state index contributed by atoms with van der Waals surface area (Å²) >= 11 is 0. The Morgan fingerprint density at radius 1 is 1.22 bits per heavy atom. The Morgan fingerprint density at radius 3 is 2.33 bits per heavy atom. The standard InChI is InChI=1S/C13H24N2O3/c1-10(2)6-9-14-12(18)15-13(11(16)17)7-4-3-5-8-13/h10H,3-9H2,1-2H3,(H,16,17)(H2,14,15,18). The number of carbonyl (C=O) groups excluding carboxylic acids is 1. The second kappa shape index (κ2) is 6.61. The van der Waals surface area contributed by atoms with Crippen LogP contribution in [0.5, 0.6) is 0 Å². The molecule has 0 aromatic heterocycles. The molecule has 18 heavy (non-hydrogen) atoms. The minimum absolute atomic E-state index is 0.361. The van der Waals surface area contributed by atoms with Gasteiger partial charge in [0.15, 0.2) is 0 Å². The summed E-state index contributed by atoms with van der Waals surface area (Å²) in [5.41, 5.74) is -1.06. The fraction of sp³-hybridized carbons (Fsp3) is 0.846. The van der Waals surface area contributed by atoms with E-state index in [1.807, 2.05) is 0 Å². The average molecular weight is 256 g/mol. The fourth-order valence-corrected chi connectivity index (χ4v) is 2.28. The summed E-state index contributed by atoms with van der Waals surface area (Å²) in [5, 5.41) is 14.7. The summed E-state index contributed by atoms with van der Waals surface area (Å²) < 4.78 is 0. The molecule has 1 fully saturated rings. The number of nitrogens with one attached hydrogen (secondary N) is 2. The number of rotatable bonds is 5. The van der Waals surface area contributed by atoms with Crippen LogP contribution < -0.4 is 10.6 Å². The van der Waals surface area contributed by atoms with Crippen molar-refractivity contribution in [1.82, 2.24) is 10.6 Å². The van der Waals surface area contributed by atoms with Gasteiger partial charge in [-0.3, -0.25) is 0 Å². The highest BCUT2D eigenvalue weighted by Gasteiger charge is 2.40. The van der Waals surface area contributed by atoms with Gasteiger partial charge >= 0.3 is 12.0 Å². The first-order valence-corrected chi connectivity index (χ1v) is 6.76. The van der Waals surface area contributed by atoms with Crippen molar-refractivity contribution in [2.24, 2.45) is 5.92 Å². The maximum Gasteiger partial charge on any atom is 0.329 e. The van der Waals surface area contributed by atoms with Crippen LogP contribution in [-0.4, -0.2) is 29.2 Å². The lowest BCUT2D eigenvalue weighted by Gasteiger charge is -2.33. The second-order valence-electron chi connectivity index (χ2n) is 5.51. The first-order chi connectivity index (χ1) is 8.46. The number of hydrogen-bond donors (Lipinski definition) is 3. The molecule has 1 saturated carbocycles. The highest BCUT2D eigenvalue weighted by Crippen LogP contribution is 2.28. The van der Waals surface area contributed by atoms with E-state index in [9.17, 15) is 14.7 Å². The number of aliphatic carboxylic acids is 1. The molecule has 0 atom stereocenters. The van der Waals surface area contributed by atoms with E-state index in [0.29, 0.717) is 25.3 Å². The molecule has 0 bridgehead atoms. The topological polar surface area (TPSA) is 78.4 Å². The zero-order valence-electron chi connectivity index (χ0n) is 11.3. The molecule has 104 valence electrons. The lowest BCUT2D eigenvalue weighted by atomic mass is 9.82. The maximum absolute atomic E-state index is 11.7. The Labute approximate surface area is 108 Å². The highest BCUT2D eigenvalue weighted by atomic mass is 16.4. The summed E-state index contributed by atoms with van der Waals surface area (Å²) in [6, 6.07) is -0.361. The van der Waals surface area contributed by atoms with Gasteiger partial charge in [0.2, 0.25) is 0 Å². The molecule has 1 aliphatic carbocycles. The number of carboxylic acids is 1. The summed E-state index contributed by atoms with van der Waals surface area (Å²) in [5.74, 6) is -0.394. The first-order valence-electron chi connectivity index (χ1n) is 6.76. The third kappa shape index (κ3) is 4.20. The largest absolute Gasteiger partial charge is 0.480 e. The quantitative estimate of drug-likeness (QED) is 0.705. The van der Waals surface area contributed by atoms with Crippen LogP contribution in [-0.2, 0) is 4.79 Å². The van der Waals surface area contributed by atoms with Crippen LogP contribution >= 0.6 is 0 Å². The van der Waals surface area contributed by atoms with Crippen molar-refractivity contribution in [2.45, 2.75) is 57.9 Å². The van der Waals surface area contributed by atoms with Gasteiger partial charge in [0, 0.05) is 6.54 Å². The van der Waals surface area contributed by atoms with Crippen LogP contribution in [0, 0.1) is 5.92 Å². The Morgan fingerprint density at radius 2 is 1.83 bits per heavy atom. The minimum atomic E-state index is -1.06. The van der Waals surface area contributed by atoms with Crippen LogP contribution in [0.15, 0.2) is 0 Å². The molecule has 0 radical (unpaired) electrons. The fourth-order valence-electron chi connectivity index (χ4n) is 2.28. The molecule has 0 spiro atoms. The molecule has 0 saturated heterocycles. The van der Waals surface area contributed by atoms with E-state index in [1.165, 1.54) is 0 Å². The molecular formula is C13H24N2O3. The predicted molar refractivity (Wildman–Crippen MR) is 69.4 cm³/mol. The number of hydrogen-bond acceptors (Lipinski definition) is 2. The molecule has 3 N–H and O–H groups in total. The molecule has 0 aromatic rings. The van der Waals surface area contributed by atoms with Crippen molar-refractivity contribution in [3.05, 3.63) is 0 Å². The van der Waals surface area contributed by atoms with E-state index < -0.39 is 11.5 Å². The van der Waals surface area contributed by atoms with Gasteiger partial charge in [-0.05, 0) is 25.2 Å². The Kier molecular flexibility index (Phi) is 5.44. The van der Waals surface area contributed by atoms with Crippen molar-refractivity contribution in [3.8, 4) is 0 Å². The summed E-state index contributed by atoms with van der Waals surface area (Å²) in [6.07, 6.45) is 4.72. The Balaban J connectivity index is 2.46. The average Bonchev–Trinajstić information content (AvgIpc) is 2.29. The van der Waals surface area contributed by atoms with Gasteiger partial charge in [-0.25, -0.2) is 9.59 Å². The number of carbonyl (C=O) groups is 2. The summed E-state index contributed by atoms with van der Waals surface area (Å²) in [4.78, 5) is 23.1. The normalized spacial score (nSPS) is 18.4. The zero-order chi connectivity index (χ0) is 13.6. The molecule has 5 nitrogen and oxygen atoms in total. The molecule has 1 aliphatic rings. The first kappa shape index (κ1) is 14.8. The number of amides is 2. The van der Waals surface area contributed by atoms with Crippen molar-refractivity contribution in [1.29, 1.82) is 0 Å². The highest BCUT2D eigenvalue weighted by molar-refractivity contribution is 5.86. The number of carboxylic acid groups (broad SMARTS) is 1. The lowest BCUT2D eigenvalue weighted by molar-refractivity contribution is -0.145. The van der Waals surface area contributed by atoms with Crippen LogP contribution in [0.4, 0.5) is 4.79 Å². The molecule has 0 unspecified atom stereocenters. The monoisotopic (exact) mass is 256 g/mol. The van der Waals surface area contributed by atoms with Crippen molar-refractivity contribution >= 4 is 12.0 Å². The van der Waals surface area contributed by atoms with Crippen LogP contribution in [0.3, 0.4) is 0 Å². The lowest BCUT2D eigenvalue weighted by Crippen LogP contribution is -2.58. The summed E-state index contributed by atoms with van der Waals surface area (Å²) in [6.45, 7) is 4.75. The van der Waals surface area contributed by atoms with Crippen LogP contribution in [0.1, 0.15) is 52.4 Å². The molecular weight excluding hydrogens is 232 g/mol. The third-order valence-corrected chi connectivity index (χ3v) is 3.48. The van der Waals surface area contributed by atoms with Crippen LogP contribution in [0.25, 0.3) is 0 Å². The van der Waals surface area contributed by atoms with Gasteiger partial charge in [0.05, 0.1) is 0 Å². The van der Waals surface area contributed by atoms with E-state index in [4.69, 9.17) is 0 Å². The van der Waals surface area contributed by atoms with Crippen LogP contribution in [0.2, 0.25) is 0 Å². The smallest absolute Gasteiger partial charge is 0.329 e. The molecule has 1 rings (SSSR count). The molecule has 5 heteroatoms. The Bertz CT molecular complexity index is 297.